The van der Waals surface area contributed by atoms with Gasteiger partial charge in [0.2, 0.25) is 0 Å². The Kier molecular flexibility index (Phi) is 5.74. The number of carbonyl (C=O) groups excluding carboxylic acids is 1. The first-order valence-corrected chi connectivity index (χ1v) is 8.27. The Labute approximate surface area is 152 Å². The quantitative estimate of drug-likeness (QED) is 0.724. The van der Waals surface area contributed by atoms with Gasteiger partial charge >= 0.3 is 6.09 Å². The highest BCUT2D eigenvalue weighted by Crippen LogP contribution is 2.27. The first-order valence-electron chi connectivity index (χ1n) is 8.27. The van der Waals surface area contributed by atoms with E-state index >= 15 is 0 Å². The first-order chi connectivity index (χ1) is 12.8. The van der Waals surface area contributed by atoms with Crippen LogP contribution < -0.4 is 10.1 Å². The van der Waals surface area contributed by atoms with Crippen LogP contribution in [-0.2, 0) is 11.3 Å². The van der Waals surface area contributed by atoms with E-state index < -0.39 is 6.09 Å². The molecule has 1 N–H and O–H groups in total. The van der Waals surface area contributed by atoms with E-state index in [4.69, 9.17) is 9.47 Å². The zero-order valence-electron chi connectivity index (χ0n) is 14.5. The van der Waals surface area contributed by atoms with E-state index in [-0.39, 0.29) is 13.2 Å². The van der Waals surface area contributed by atoms with Gasteiger partial charge in [0.1, 0.15) is 12.4 Å². The molecular formula is C22H19NO3. The average Bonchev–Trinajstić information content (AvgIpc) is 2.70. The predicted octanol–water partition coefficient (Wildman–Crippen LogP) is 4.13. The molecule has 0 saturated heterocycles. The van der Waals surface area contributed by atoms with E-state index in [2.05, 4.69) is 17.2 Å². The molecule has 0 spiro atoms. The molecule has 3 aromatic rings. The van der Waals surface area contributed by atoms with Crippen LogP contribution in [0.4, 0.5) is 4.79 Å². The summed E-state index contributed by atoms with van der Waals surface area (Å²) in [5, 5.41) is 4.66. The second-order valence-corrected chi connectivity index (χ2v) is 5.58. The molecule has 0 heterocycles. The lowest BCUT2D eigenvalue weighted by atomic mass is 10.0. The largest absolute Gasteiger partial charge is 0.496 e. The second kappa shape index (κ2) is 8.59. The number of hydrogen-bond donors (Lipinski definition) is 1. The van der Waals surface area contributed by atoms with Crippen LogP contribution in [0.15, 0.2) is 66.7 Å². The van der Waals surface area contributed by atoms with E-state index in [0.29, 0.717) is 0 Å². The summed E-state index contributed by atoms with van der Waals surface area (Å²) in [6, 6.07) is 21.3. The van der Waals surface area contributed by atoms with Crippen LogP contribution in [0.5, 0.6) is 5.75 Å². The topological polar surface area (TPSA) is 47.6 Å². The van der Waals surface area contributed by atoms with Crippen LogP contribution >= 0.6 is 0 Å². The monoisotopic (exact) mass is 345 g/mol. The molecule has 130 valence electrons. The number of methoxy groups -OCH3 is 1. The molecule has 0 radical (unpaired) electrons. The smallest absolute Gasteiger partial charge is 0.408 e. The Hall–Kier alpha value is -3.45. The normalized spacial score (nSPS) is 9.88. The number of hydrogen-bond acceptors (Lipinski definition) is 3. The molecule has 0 aliphatic heterocycles. The highest BCUT2D eigenvalue weighted by atomic mass is 16.5. The van der Waals surface area contributed by atoms with E-state index in [1.807, 2.05) is 66.7 Å². The fourth-order valence-corrected chi connectivity index (χ4v) is 2.59. The fourth-order valence-electron chi connectivity index (χ4n) is 2.59. The molecule has 0 unspecified atom stereocenters. The van der Waals surface area contributed by atoms with Gasteiger partial charge < -0.3 is 14.8 Å². The molecule has 3 rings (SSSR count). The van der Waals surface area contributed by atoms with Gasteiger partial charge in [0.05, 0.1) is 13.7 Å². The number of benzene rings is 3. The van der Waals surface area contributed by atoms with Crippen molar-refractivity contribution in [1.29, 1.82) is 0 Å². The van der Waals surface area contributed by atoms with Gasteiger partial charge in [-0.3, -0.25) is 0 Å². The minimum atomic E-state index is -0.484. The summed E-state index contributed by atoms with van der Waals surface area (Å²) < 4.78 is 10.5. The number of fused-ring (bicyclic) bond motifs is 1. The molecule has 0 aliphatic carbocycles. The summed E-state index contributed by atoms with van der Waals surface area (Å²) in [6.45, 7) is 0.456. The minimum Gasteiger partial charge on any atom is -0.496 e. The van der Waals surface area contributed by atoms with E-state index in [9.17, 15) is 4.79 Å². The van der Waals surface area contributed by atoms with E-state index in [0.717, 1.165) is 27.6 Å². The molecule has 26 heavy (non-hydrogen) atoms. The minimum absolute atomic E-state index is 0.216. The third-order valence-electron chi connectivity index (χ3n) is 3.86. The average molecular weight is 345 g/mol. The number of ether oxygens (including phenoxy) is 2. The molecule has 3 aromatic carbocycles. The van der Waals surface area contributed by atoms with Crippen LogP contribution in [0, 0.1) is 11.8 Å². The van der Waals surface area contributed by atoms with Gasteiger partial charge in [0.25, 0.3) is 0 Å². The Morgan fingerprint density at radius 1 is 0.962 bits per heavy atom. The van der Waals surface area contributed by atoms with Crippen molar-refractivity contribution in [3.8, 4) is 17.6 Å². The van der Waals surface area contributed by atoms with Crippen LogP contribution in [0.25, 0.3) is 10.8 Å². The number of alkyl carbamates (subject to hydrolysis) is 1. The fraction of sp³-hybridized carbons (Fsp3) is 0.136. The molecule has 0 saturated carbocycles. The summed E-state index contributed by atoms with van der Waals surface area (Å²) >= 11 is 0. The SMILES string of the molecule is COc1ccc(C#CCNC(=O)OCc2ccccc2)c2ccccc12. The zero-order valence-corrected chi connectivity index (χ0v) is 14.5. The lowest BCUT2D eigenvalue weighted by Gasteiger charge is -2.06. The van der Waals surface area contributed by atoms with Gasteiger partial charge in [-0.05, 0) is 17.7 Å². The second-order valence-electron chi connectivity index (χ2n) is 5.58. The van der Waals surface area contributed by atoms with Gasteiger partial charge in [0.15, 0.2) is 0 Å². The molecule has 0 aromatic heterocycles. The number of rotatable bonds is 4. The lowest BCUT2D eigenvalue weighted by molar-refractivity contribution is 0.141. The van der Waals surface area contributed by atoms with Crippen molar-refractivity contribution in [3.05, 3.63) is 77.9 Å². The lowest BCUT2D eigenvalue weighted by Crippen LogP contribution is -2.24. The maximum absolute atomic E-state index is 11.7. The standard InChI is InChI=1S/C22H19NO3/c1-25-21-14-13-18(19-11-5-6-12-20(19)21)10-7-15-23-22(24)26-16-17-8-3-2-4-9-17/h2-6,8-9,11-14H,15-16H2,1H3,(H,23,24). The summed E-state index contributed by atoms with van der Waals surface area (Å²) in [5.74, 6) is 6.86. The van der Waals surface area contributed by atoms with Gasteiger partial charge in [-0.15, -0.1) is 0 Å². The van der Waals surface area contributed by atoms with Crippen molar-refractivity contribution in [2.24, 2.45) is 0 Å². The van der Waals surface area contributed by atoms with Crippen molar-refractivity contribution >= 4 is 16.9 Å². The molecule has 1 amide bonds. The molecule has 0 aliphatic rings. The van der Waals surface area contributed by atoms with Gasteiger partial charge in [-0.1, -0.05) is 66.4 Å². The van der Waals surface area contributed by atoms with Crippen molar-refractivity contribution in [3.63, 3.8) is 0 Å². The van der Waals surface area contributed by atoms with Crippen molar-refractivity contribution < 1.29 is 14.3 Å². The van der Waals surface area contributed by atoms with Crippen LogP contribution in [-0.4, -0.2) is 19.7 Å². The Bertz CT molecular complexity index is 955. The molecular weight excluding hydrogens is 326 g/mol. The van der Waals surface area contributed by atoms with Crippen molar-refractivity contribution in [1.82, 2.24) is 5.32 Å². The van der Waals surface area contributed by atoms with Crippen LogP contribution in [0.1, 0.15) is 11.1 Å². The van der Waals surface area contributed by atoms with Gasteiger partial charge in [0, 0.05) is 16.3 Å². The first kappa shape index (κ1) is 17.4. The maximum Gasteiger partial charge on any atom is 0.408 e. The predicted molar refractivity (Wildman–Crippen MR) is 102 cm³/mol. The Morgan fingerprint density at radius 3 is 2.46 bits per heavy atom. The van der Waals surface area contributed by atoms with Gasteiger partial charge in [-0.25, -0.2) is 4.79 Å². The Balaban J connectivity index is 1.58. The maximum atomic E-state index is 11.7. The van der Waals surface area contributed by atoms with Crippen LogP contribution in [0.2, 0.25) is 0 Å². The third kappa shape index (κ3) is 4.34. The molecule has 0 fully saturated rings. The molecule has 0 bridgehead atoms. The number of amides is 1. The molecule has 0 atom stereocenters. The van der Waals surface area contributed by atoms with Crippen molar-refractivity contribution in [2.45, 2.75) is 6.61 Å². The van der Waals surface area contributed by atoms with Crippen LogP contribution in [0.3, 0.4) is 0 Å². The molecule has 4 heteroatoms. The van der Waals surface area contributed by atoms with Gasteiger partial charge in [-0.2, -0.15) is 0 Å². The third-order valence-corrected chi connectivity index (χ3v) is 3.86. The number of nitrogens with one attached hydrogen (secondary N) is 1. The Morgan fingerprint density at radius 2 is 1.69 bits per heavy atom. The highest BCUT2D eigenvalue weighted by Gasteiger charge is 2.04. The highest BCUT2D eigenvalue weighted by molar-refractivity contribution is 5.93. The molecule has 4 nitrogen and oxygen atoms in total. The summed E-state index contributed by atoms with van der Waals surface area (Å²) in [4.78, 5) is 11.7. The zero-order chi connectivity index (χ0) is 18.2. The summed E-state index contributed by atoms with van der Waals surface area (Å²) in [6.07, 6.45) is -0.484. The number of carbonyl (C=O) groups is 1. The summed E-state index contributed by atoms with van der Waals surface area (Å²) in [5.41, 5.74) is 1.83. The van der Waals surface area contributed by atoms with E-state index in [1.54, 1.807) is 7.11 Å². The van der Waals surface area contributed by atoms with E-state index in [1.165, 1.54) is 0 Å². The summed E-state index contributed by atoms with van der Waals surface area (Å²) in [7, 11) is 1.65. The van der Waals surface area contributed by atoms with Crippen molar-refractivity contribution in [2.75, 3.05) is 13.7 Å².